The Morgan fingerprint density at radius 1 is 0.672 bits per heavy atom. The van der Waals surface area contributed by atoms with Crippen LogP contribution in [0.15, 0.2) is 95.8 Å². The van der Waals surface area contributed by atoms with Gasteiger partial charge in [-0.15, -0.1) is 11.3 Å². The number of hydrogen-bond donors (Lipinski definition) is 3. The standard InChI is InChI=1S/C50H62N8O8S/c1-34(36-13-9-7-10-14-36)52-44(60)32-56-23-21-55(31-43(59)51-30-39-18-19-40-46(62)41-29-38(48(63)65-6)17-20-42(41)67-47(40)54-39)22-24-57(26-28-58(27-25-56)49(64)66-50(3,4)5)33-45(61)53-35(2)37-15-11-8-12-16-37/h7-20,29,34-35H,21-28,30-33H2,1-6H3,(H,51,59)(H,52,60)(H,53,61)/t34-,35-/m0/s1. The van der Waals surface area contributed by atoms with Gasteiger partial charge in [-0.3, -0.25) is 33.9 Å². The lowest BCUT2D eigenvalue weighted by atomic mass is 10.1. The number of amides is 4. The maximum Gasteiger partial charge on any atom is 0.410 e. The summed E-state index contributed by atoms with van der Waals surface area (Å²) in [5, 5.41) is 10.0. The van der Waals surface area contributed by atoms with Gasteiger partial charge >= 0.3 is 12.1 Å². The molecule has 0 spiro atoms. The Bertz CT molecular complexity index is 2490. The molecule has 6 rings (SSSR count). The number of nitrogens with one attached hydrogen (secondary N) is 3. The Balaban J connectivity index is 1.18. The van der Waals surface area contributed by atoms with E-state index in [0.717, 1.165) is 11.1 Å². The van der Waals surface area contributed by atoms with E-state index in [1.165, 1.54) is 24.5 Å². The van der Waals surface area contributed by atoms with Crippen molar-refractivity contribution < 1.29 is 33.4 Å². The number of carbonyl (C=O) groups excluding carboxylic acids is 5. The number of benzene rings is 3. The lowest BCUT2D eigenvalue weighted by Crippen LogP contribution is -2.51. The van der Waals surface area contributed by atoms with E-state index in [4.69, 9.17) is 14.5 Å². The van der Waals surface area contributed by atoms with Crippen molar-refractivity contribution >= 4 is 61.4 Å². The molecule has 2 aromatic heterocycles. The van der Waals surface area contributed by atoms with E-state index < -0.39 is 17.7 Å². The SMILES string of the molecule is COC(=O)c1ccc2sc3nc(CNC(=O)CN4CCN(CC(=O)N[C@@H](C)c5ccccc5)CCN(C(=O)OC(C)(C)C)CCN(CC(=O)N[C@@H](C)c5ccccc5)CC4)ccc3c(=O)c2c1. The van der Waals surface area contributed by atoms with Crippen LogP contribution in [0.4, 0.5) is 4.79 Å². The minimum atomic E-state index is -0.735. The van der Waals surface area contributed by atoms with Gasteiger partial charge in [0.05, 0.1) is 62.0 Å². The highest BCUT2D eigenvalue weighted by Gasteiger charge is 2.26. The van der Waals surface area contributed by atoms with E-state index in [1.807, 2.05) is 110 Å². The van der Waals surface area contributed by atoms with Crippen molar-refractivity contribution in [3.8, 4) is 0 Å². The van der Waals surface area contributed by atoms with Crippen LogP contribution in [0.3, 0.4) is 0 Å². The molecular formula is C50H62N8O8S. The molecule has 67 heavy (non-hydrogen) atoms. The van der Waals surface area contributed by atoms with E-state index in [2.05, 4.69) is 16.0 Å². The number of hydrogen-bond acceptors (Lipinski definition) is 13. The molecule has 1 aliphatic rings. The molecule has 17 heteroatoms. The fourth-order valence-corrected chi connectivity index (χ4v) is 8.76. The second kappa shape index (κ2) is 23.5. The molecular weight excluding hydrogens is 873 g/mol. The third kappa shape index (κ3) is 14.9. The summed E-state index contributed by atoms with van der Waals surface area (Å²) in [7, 11) is 1.29. The summed E-state index contributed by atoms with van der Waals surface area (Å²) in [6.45, 7) is 12.4. The van der Waals surface area contributed by atoms with Gasteiger partial charge in [0.2, 0.25) is 17.7 Å². The van der Waals surface area contributed by atoms with Crippen LogP contribution < -0.4 is 21.4 Å². The zero-order valence-electron chi connectivity index (χ0n) is 39.2. The number of ether oxygens (including phenoxy) is 2. The minimum absolute atomic E-state index is 0.0221. The highest BCUT2D eigenvalue weighted by Crippen LogP contribution is 2.25. The number of nitrogens with zero attached hydrogens (tertiary/aromatic N) is 5. The lowest BCUT2D eigenvalue weighted by molar-refractivity contribution is -0.124. The van der Waals surface area contributed by atoms with E-state index >= 15 is 0 Å². The summed E-state index contributed by atoms with van der Waals surface area (Å²) in [5.41, 5.74) is 1.81. The van der Waals surface area contributed by atoms with Crippen molar-refractivity contribution in [1.82, 2.24) is 40.5 Å². The number of esters is 1. The quantitative estimate of drug-likeness (QED) is 0.105. The fourth-order valence-electron chi connectivity index (χ4n) is 7.72. The van der Waals surface area contributed by atoms with E-state index in [1.54, 1.807) is 29.2 Å². The molecule has 4 amide bonds. The summed E-state index contributed by atoms with van der Waals surface area (Å²) in [6, 6.07) is 27.2. The molecule has 16 nitrogen and oxygen atoms in total. The molecule has 0 radical (unpaired) electrons. The van der Waals surface area contributed by atoms with Crippen molar-refractivity contribution in [2.24, 2.45) is 0 Å². The Morgan fingerprint density at radius 2 is 1.18 bits per heavy atom. The zero-order chi connectivity index (χ0) is 48.1. The molecule has 356 valence electrons. The first-order valence-electron chi connectivity index (χ1n) is 22.6. The van der Waals surface area contributed by atoms with Gasteiger partial charge < -0.3 is 30.3 Å². The molecule has 3 heterocycles. The van der Waals surface area contributed by atoms with Crippen LogP contribution in [-0.2, 0) is 30.4 Å². The first kappa shape index (κ1) is 50.1. The first-order chi connectivity index (χ1) is 32.0. The van der Waals surface area contributed by atoms with Crippen molar-refractivity contribution in [1.29, 1.82) is 0 Å². The topological polar surface area (TPSA) is 183 Å². The van der Waals surface area contributed by atoms with Crippen LogP contribution in [0.25, 0.3) is 20.3 Å². The van der Waals surface area contributed by atoms with Crippen molar-refractivity contribution in [2.75, 3.05) is 79.1 Å². The minimum Gasteiger partial charge on any atom is -0.465 e. The predicted molar refractivity (Wildman–Crippen MR) is 260 cm³/mol. The molecule has 1 aliphatic heterocycles. The van der Waals surface area contributed by atoms with Crippen LogP contribution in [0.1, 0.15) is 73.9 Å². The molecule has 5 aromatic rings. The maximum atomic E-state index is 13.7. The second-order valence-corrected chi connectivity index (χ2v) is 18.8. The largest absolute Gasteiger partial charge is 0.465 e. The summed E-state index contributed by atoms with van der Waals surface area (Å²) in [6.07, 6.45) is -0.482. The summed E-state index contributed by atoms with van der Waals surface area (Å²) >= 11 is 1.32. The highest BCUT2D eigenvalue weighted by atomic mass is 32.1. The second-order valence-electron chi connectivity index (χ2n) is 17.8. The number of methoxy groups -OCH3 is 1. The molecule has 2 atom stereocenters. The van der Waals surface area contributed by atoms with Gasteiger partial charge in [0.15, 0.2) is 5.43 Å². The highest BCUT2D eigenvalue weighted by molar-refractivity contribution is 7.24. The number of fused-ring (bicyclic) bond motifs is 2. The maximum absolute atomic E-state index is 13.7. The molecule has 3 aromatic carbocycles. The van der Waals surface area contributed by atoms with Crippen LogP contribution in [0, 0.1) is 0 Å². The van der Waals surface area contributed by atoms with E-state index in [-0.39, 0.29) is 80.1 Å². The Morgan fingerprint density at radius 3 is 1.69 bits per heavy atom. The molecule has 0 aliphatic carbocycles. The molecule has 0 saturated carbocycles. The van der Waals surface area contributed by atoms with Gasteiger partial charge in [-0.05, 0) is 76.1 Å². The normalized spacial score (nSPS) is 15.7. The number of pyridine rings is 1. The third-order valence-corrected chi connectivity index (χ3v) is 12.5. The van der Waals surface area contributed by atoms with Crippen molar-refractivity contribution in [2.45, 2.75) is 58.8 Å². The van der Waals surface area contributed by atoms with E-state index in [9.17, 15) is 28.8 Å². The van der Waals surface area contributed by atoms with Gasteiger partial charge in [-0.25, -0.2) is 14.6 Å². The Hall–Kier alpha value is -6.27. The van der Waals surface area contributed by atoms with Gasteiger partial charge in [0.25, 0.3) is 0 Å². The number of rotatable bonds is 13. The van der Waals surface area contributed by atoms with Crippen molar-refractivity contribution in [3.63, 3.8) is 0 Å². The smallest absolute Gasteiger partial charge is 0.410 e. The molecule has 1 fully saturated rings. The van der Waals surface area contributed by atoms with Gasteiger partial charge in [0, 0.05) is 62.4 Å². The lowest BCUT2D eigenvalue weighted by Gasteiger charge is -2.34. The monoisotopic (exact) mass is 934 g/mol. The predicted octanol–water partition coefficient (Wildman–Crippen LogP) is 5.12. The zero-order valence-corrected chi connectivity index (χ0v) is 40.0. The fraction of sp³-hybridized carbons (Fsp3) is 0.420. The van der Waals surface area contributed by atoms with Crippen LogP contribution in [0.5, 0.6) is 0 Å². The average Bonchev–Trinajstić information content (AvgIpc) is 3.30. The third-order valence-electron chi connectivity index (χ3n) is 11.4. The molecule has 3 N–H and O–H groups in total. The van der Waals surface area contributed by atoms with Gasteiger partial charge in [0.1, 0.15) is 10.4 Å². The van der Waals surface area contributed by atoms with Gasteiger partial charge in [-0.2, -0.15) is 0 Å². The Labute approximate surface area is 395 Å². The average molecular weight is 935 g/mol. The summed E-state index contributed by atoms with van der Waals surface area (Å²) < 4.78 is 11.3. The van der Waals surface area contributed by atoms with Crippen LogP contribution in [-0.4, -0.2) is 139 Å². The van der Waals surface area contributed by atoms with E-state index in [0.29, 0.717) is 65.3 Å². The number of carbonyl (C=O) groups is 5. The van der Waals surface area contributed by atoms with Crippen molar-refractivity contribution in [3.05, 3.63) is 124 Å². The first-order valence-corrected chi connectivity index (χ1v) is 23.4. The molecule has 1 saturated heterocycles. The number of aromatic nitrogens is 1. The van der Waals surface area contributed by atoms with Crippen LogP contribution >= 0.6 is 11.3 Å². The summed E-state index contributed by atoms with van der Waals surface area (Å²) in [4.78, 5) is 92.9. The Kier molecular flexibility index (Phi) is 17.6. The van der Waals surface area contributed by atoms with Crippen LogP contribution in [0.2, 0.25) is 0 Å². The van der Waals surface area contributed by atoms with Gasteiger partial charge in [-0.1, -0.05) is 60.7 Å². The summed E-state index contributed by atoms with van der Waals surface area (Å²) in [5.74, 6) is -1.14. The molecule has 0 unspecified atom stereocenters. The molecule has 0 bridgehead atoms.